The highest BCUT2D eigenvalue weighted by Crippen LogP contribution is 2.35. The Morgan fingerprint density at radius 1 is 1.00 bits per heavy atom. The zero-order valence-electron chi connectivity index (χ0n) is 12.5. The van der Waals surface area contributed by atoms with Crippen molar-refractivity contribution in [1.82, 2.24) is 4.98 Å². The summed E-state index contributed by atoms with van der Waals surface area (Å²) in [7, 11) is 0. The Kier molecular flexibility index (Phi) is 4.41. The summed E-state index contributed by atoms with van der Waals surface area (Å²) in [4.78, 5) is 5.67. The van der Waals surface area contributed by atoms with Crippen LogP contribution >= 0.6 is 0 Å². The molecule has 0 saturated carbocycles. The van der Waals surface area contributed by atoms with E-state index in [0.717, 1.165) is 24.5 Å². The zero-order chi connectivity index (χ0) is 16.3. The molecule has 1 saturated heterocycles. The minimum atomic E-state index is -4.45. The first-order valence-electron chi connectivity index (χ1n) is 7.54. The van der Waals surface area contributed by atoms with E-state index < -0.39 is 11.9 Å². The summed E-state index contributed by atoms with van der Waals surface area (Å²) in [6.07, 6.45) is -2.54. The molecule has 122 valence electrons. The summed E-state index contributed by atoms with van der Waals surface area (Å²) in [5, 5.41) is 0. The van der Waals surface area contributed by atoms with Crippen molar-refractivity contribution in [3.63, 3.8) is 0 Å². The highest BCUT2D eigenvalue weighted by Gasteiger charge is 2.34. The van der Waals surface area contributed by atoms with Gasteiger partial charge in [-0.2, -0.15) is 13.2 Å². The number of halogens is 3. The molecule has 1 fully saturated rings. The number of alkyl halides is 3. The predicted octanol–water partition coefficient (Wildman–Crippen LogP) is 4.28. The maximum absolute atomic E-state index is 12.9. The van der Waals surface area contributed by atoms with Crippen molar-refractivity contribution in [2.45, 2.75) is 25.6 Å². The van der Waals surface area contributed by atoms with Crippen LogP contribution in [0, 0.1) is 0 Å². The molecule has 0 N–H and O–H groups in total. The lowest BCUT2D eigenvalue weighted by molar-refractivity contribution is -0.141. The zero-order valence-corrected chi connectivity index (χ0v) is 12.5. The molecule has 0 bridgehead atoms. The van der Waals surface area contributed by atoms with Crippen LogP contribution in [0.4, 0.5) is 19.0 Å². The predicted molar refractivity (Wildman–Crippen MR) is 81.5 cm³/mol. The normalized spacial score (nSPS) is 15.0. The highest BCUT2D eigenvalue weighted by molar-refractivity contribution is 5.54. The number of ether oxygens (including phenoxy) is 1. The molecule has 23 heavy (non-hydrogen) atoms. The summed E-state index contributed by atoms with van der Waals surface area (Å²) in [5.41, 5.74) is 0.0752. The van der Waals surface area contributed by atoms with E-state index in [-0.39, 0.29) is 5.82 Å². The number of nitrogens with zero attached hydrogens (tertiary/aromatic N) is 2. The summed E-state index contributed by atoms with van der Waals surface area (Å²) >= 11 is 0. The van der Waals surface area contributed by atoms with Crippen molar-refractivity contribution in [2.75, 3.05) is 18.0 Å². The maximum atomic E-state index is 12.9. The minimum Gasteiger partial charge on any atom is -0.485 e. The lowest BCUT2D eigenvalue weighted by Gasteiger charge is -2.21. The number of hydrogen-bond acceptors (Lipinski definition) is 3. The number of benzene rings is 1. The van der Waals surface area contributed by atoms with Crippen LogP contribution in [0.5, 0.6) is 5.75 Å². The third-order valence-corrected chi connectivity index (χ3v) is 3.77. The minimum absolute atomic E-state index is 0.285. The number of hydrogen-bond donors (Lipinski definition) is 0. The van der Waals surface area contributed by atoms with Crippen LogP contribution in [-0.2, 0) is 12.8 Å². The monoisotopic (exact) mass is 322 g/mol. The van der Waals surface area contributed by atoms with Gasteiger partial charge in [-0.1, -0.05) is 30.3 Å². The van der Waals surface area contributed by atoms with Crippen molar-refractivity contribution in [2.24, 2.45) is 0 Å². The average Bonchev–Trinajstić information content (AvgIpc) is 3.07. The Bertz CT molecular complexity index is 653. The summed E-state index contributed by atoms with van der Waals surface area (Å²) in [6, 6.07) is 11.8. The lowest BCUT2D eigenvalue weighted by atomic mass is 10.2. The van der Waals surface area contributed by atoms with E-state index in [1.807, 2.05) is 35.2 Å². The number of pyridine rings is 1. The van der Waals surface area contributed by atoms with Crippen LogP contribution < -0.4 is 9.64 Å². The first-order chi connectivity index (χ1) is 11.0. The molecule has 0 aliphatic carbocycles. The molecule has 2 aromatic rings. The van der Waals surface area contributed by atoms with Crippen LogP contribution in [-0.4, -0.2) is 18.1 Å². The van der Waals surface area contributed by atoms with Gasteiger partial charge in [-0.15, -0.1) is 0 Å². The van der Waals surface area contributed by atoms with Gasteiger partial charge in [-0.25, -0.2) is 4.98 Å². The van der Waals surface area contributed by atoms with E-state index in [4.69, 9.17) is 4.74 Å². The van der Waals surface area contributed by atoms with Gasteiger partial charge in [0, 0.05) is 13.1 Å². The average molecular weight is 322 g/mol. The second-order valence-corrected chi connectivity index (χ2v) is 5.48. The fourth-order valence-corrected chi connectivity index (χ4v) is 2.60. The van der Waals surface area contributed by atoms with Gasteiger partial charge in [-0.3, -0.25) is 0 Å². The first kappa shape index (κ1) is 15.6. The van der Waals surface area contributed by atoms with Crippen LogP contribution in [0.15, 0.2) is 42.5 Å². The van der Waals surface area contributed by atoms with E-state index in [0.29, 0.717) is 25.4 Å². The molecule has 3 rings (SSSR count). The Labute approximate surface area is 132 Å². The molecular formula is C17H17F3N2O. The molecule has 2 heterocycles. The quantitative estimate of drug-likeness (QED) is 0.840. The SMILES string of the molecule is FC(F)(F)c1ccc(OCc2ccccc2)c(N2CCCC2)n1. The van der Waals surface area contributed by atoms with E-state index >= 15 is 0 Å². The molecule has 1 aromatic heterocycles. The molecule has 1 aliphatic rings. The molecule has 0 unspecified atom stereocenters. The van der Waals surface area contributed by atoms with E-state index in [1.165, 1.54) is 6.07 Å². The van der Waals surface area contributed by atoms with Crippen LogP contribution in [0.25, 0.3) is 0 Å². The lowest BCUT2D eigenvalue weighted by Crippen LogP contribution is -2.22. The molecule has 0 spiro atoms. The standard InChI is InChI=1S/C17H17F3N2O/c18-17(19,20)15-9-8-14(16(21-15)22-10-4-5-11-22)23-12-13-6-2-1-3-7-13/h1-3,6-9H,4-5,10-12H2. The van der Waals surface area contributed by atoms with Gasteiger partial charge in [0.25, 0.3) is 0 Å². The molecule has 3 nitrogen and oxygen atoms in total. The second-order valence-electron chi connectivity index (χ2n) is 5.48. The van der Waals surface area contributed by atoms with Gasteiger partial charge >= 0.3 is 6.18 Å². The summed E-state index contributed by atoms with van der Waals surface area (Å²) < 4.78 is 44.5. The van der Waals surface area contributed by atoms with Crippen molar-refractivity contribution in [3.05, 3.63) is 53.7 Å². The van der Waals surface area contributed by atoms with Crippen molar-refractivity contribution >= 4 is 5.82 Å². The van der Waals surface area contributed by atoms with Gasteiger partial charge in [0.1, 0.15) is 12.3 Å². The van der Waals surface area contributed by atoms with Crippen molar-refractivity contribution in [3.8, 4) is 5.75 Å². The maximum Gasteiger partial charge on any atom is 0.433 e. The Hall–Kier alpha value is -2.24. The van der Waals surface area contributed by atoms with E-state index in [9.17, 15) is 13.2 Å². The van der Waals surface area contributed by atoms with Crippen molar-refractivity contribution in [1.29, 1.82) is 0 Å². The molecule has 0 radical (unpaired) electrons. The van der Waals surface area contributed by atoms with E-state index in [2.05, 4.69) is 4.98 Å². The van der Waals surface area contributed by atoms with E-state index in [1.54, 1.807) is 0 Å². The number of anilines is 1. The molecule has 0 amide bonds. The molecule has 1 aromatic carbocycles. The molecule has 0 atom stereocenters. The number of rotatable bonds is 4. The molecule has 1 aliphatic heterocycles. The van der Waals surface area contributed by atoms with Gasteiger partial charge in [0.05, 0.1) is 0 Å². The van der Waals surface area contributed by atoms with Crippen LogP contribution in [0.1, 0.15) is 24.1 Å². The fourth-order valence-electron chi connectivity index (χ4n) is 2.60. The van der Waals surface area contributed by atoms with Gasteiger partial charge in [0.15, 0.2) is 11.6 Å². The second kappa shape index (κ2) is 6.48. The number of aromatic nitrogens is 1. The first-order valence-corrected chi connectivity index (χ1v) is 7.54. The Morgan fingerprint density at radius 2 is 1.70 bits per heavy atom. The van der Waals surface area contributed by atoms with Gasteiger partial charge in [0.2, 0.25) is 0 Å². The molecule has 6 heteroatoms. The Balaban J connectivity index is 1.85. The topological polar surface area (TPSA) is 25.4 Å². The fraction of sp³-hybridized carbons (Fsp3) is 0.353. The van der Waals surface area contributed by atoms with Gasteiger partial charge in [-0.05, 0) is 30.5 Å². The van der Waals surface area contributed by atoms with Gasteiger partial charge < -0.3 is 9.64 Å². The highest BCUT2D eigenvalue weighted by atomic mass is 19.4. The van der Waals surface area contributed by atoms with Crippen molar-refractivity contribution < 1.29 is 17.9 Å². The summed E-state index contributed by atoms with van der Waals surface area (Å²) in [6.45, 7) is 1.71. The smallest absolute Gasteiger partial charge is 0.433 e. The van der Waals surface area contributed by atoms with Crippen LogP contribution in [0.3, 0.4) is 0 Å². The third kappa shape index (κ3) is 3.75. The Morgan fingerprint density at radius 3 is 2.35 bits per heavy atom. The van der Waals surface area contributed by atoms with Crippen LogP contribution in [0.2, 0.25) is 0 Å². The largest absolute Gasteiger partial charge is 0.485 e. The summed E-state index contributed by atoms with van der Waals surface area (Å²) in [5.74, 6) is 0.678. The third-order valence-electron chi connectivity index (χ3n) is 3.77. The molecular weight excluding hydrogens is 305 g/mol.